The molecule has 1 aliphatic carbocycles. The number of ether oxygens (including phenoxy) is 1. The predicted octanol–water partition coefficient (Wildman–Crippen LogP) is 1.20. The molecule has 1 aromatic rings. The van der Waals surface area contributed by atoms with Gasteiger partial charge in [-0.1, -0.05) is 12.8 Å². The van der Waals surface area contributed by atoms with Gasteiger partial charge in [0.25, 0.3) is 5.91 Å². The minimum Gasteiger partial charge on any atom is -0.383 e. The lowest BCUT2D eigenvalue weighted by Crippen LogP contribution is -2.55. The van der Waals surface area contributed by atoms with Crippen molar-refractivity contribution in [2.45, 2.75) is 44.3 Å². The molecule has 24 heavy (non-hydrogen) atoms. The van der Waals surface area contributed by atoms with Crippen LogP contribution in [0, 0.1) is 0 Å². The molecule has 1 aliphatic heterocycles. The fraction of sp³-hybridized carbons (Fsp3) is 0.647. The summed E-state index contributed by atoms with van der Waals surface area (Å²) < 4.78 is 7.08. The van der Waals surface area contributed by atoms with E-state index in [-0.39, 0.29) is 18.0 Å². The zero-order valence-corrected chi connectivity index (χ0v) is 14.2. The van der Waals surface area contributed by atoms with Crippen molar-refractivity contribution in [1.82, 2.24) is 20.1 Å². The topological polar surface area (TPSA) is 75.6 Å². The Morgan fingerprint density at radius 1 is 1.38 bits per heavy atom. The molecule has 7 heteroatoms. The number of aromatic nitrogens is 1. The minimum atomic E-state index is -0.139. The third-order valence-corrected chi connectivity index (χ3v) is 4.88. The van der Waals surface area contributed by atoms with E-state index >= 15 is 0 Å². The number of amides is 3. The van der Waals surface area contributed by atoms with Gasteiger partial charge in [-0.3, -0.25) is 4.79 Å². The molecule has 132 valence electrons. The molecule has 3 rings (SSSR count). The van der Waals surface area contributed by atoms with E-state index in [0.29, 0.717) is 38.0 Å². The van der Waals surface area contributed by atoms with E-state index in [9.17, 15) is 9.59 Å². The van der Waals surface area contributed by atoms with Gasteiger partial charge in [-0.25, -0.2) is 4.79 Å². The Balaban J connectivity index is 1.59. The fourth-order valence-corrected chi connectivity index (χ4v) is 3.57. The van der Waals surface area contributed by atoms with Crippen LogP contribution in [0.2, 0.25) is 0 Å². The van der Waals surface area contributed by atoms with Gasteiger partial charge in [0.05, 0.1) is 12.6 Å². The summed E-state index contributed by atoms with van der Waals surface area (Å²) in [5.41, 5.74) is 0.692. The molecule has 3 amide bonds. The van der Waals surface area contributed by atoms with E-state index in [4.69, 9.17) is 4.74 Å². The third kappa shape index (κ3) is 3.72. The summed E-state index contributed by atoms with van der Waals surface area (Å²) in [6.45, 7) is 2.13. The molecular formula is C17H26N4O3. The summed E-state index contributed by atoms with van der Waals surface area (Å²) in [6, 6.07) is 3.79. The van der Waals surface area contributed by atoms with Crippen molar-refractivity contribution in [3.63, 3.8) is 0 Å². The highest BCUT2D eigenvalue weighted by atomic mass is 16.5. The maximum absolute atomic E-state index is 12.6. The van der Waals surface area contributed by atoms with Crippen LogP contribution in [-0.2, 0) is 11.3 Å². The molecule has 2 aliphatic rings. The molecule has 2 N–H and O–H groups in total. The van der Waals surface area contributed by atoms with Crippen molar-refractivity contribution >= 4 is 11.9 Å². The first-order valence-corrected chi connectivity index (χ1v) is 8.68. The molecule has 1 saturated carbocycles. The average molecular weight is 334 g/mol. The predicted molar refractivity (Wildman–Crippen MR) is 89.9 cm³/mol. The second-order valence-electron chi connectivity index (χ2n) is 6.53. The van der Waals surface area contributed by atoms with Gasteiger partial charge < -0.3 is 24.8 Å². The maximum atomic E-state index is 12.6. The molecule has 0 spiro atoms. The van der Waals surface area contributed by atoms with Crippen molar-refractivity contribution in [3.05, 3.63) is 24.0 Å². The van der Waals surface area contributed by atoms with E-state index < -0.39 is 0 Å². The van der Waals surface area contributed by atoms with Crippen molar-refractivity contribution in [3.8, 4) is 0 Å². The van der Waals surface area contributed by atoms with Crippen LogP contribution in [0.4, 0.5) is 4.79 Å². The van der Waals surface area contributed by atoms with Gasteiger partial charge in [0.15, 0.2) is 0 Å². The number of nitrogens with one attached hydrogen (secondary N) is 2. The first kappa shape index (κ1) is 16.8. The molecule has 0 bridgehead atoms. The van der Waals surface area contributed by atoms with Crippen LogP contribution in [0.15, 0.2) is 18.3 Å². The highest BCUT2D eigenvalue weighted by molar-refractivity contribution is 5.93. The van der Waals surface area contributed by atoms with Gasteiger partial charge in [-0.05, 0) is 25.0 Å². The Morgan fingerprint density at radius 3 is 2.92 bits per heavy atom. The highest BCUT2D eigenvalue weighted by Crippen LogP contribution is 2.19. The molecule has 1 aromatic heterocycles. The number of rotatable bonds is 6. The van der Waals surface area contributed by atoms with Crippen LogP contribution in [0.5, 0.6) is 0 Å². The lowest BCUT2D eigenvalue weighted by molar-refractivity contribution is 0.0513. The number of carbonyl (C=O) groups excluding carboxylic acids is 2. The van der Waals surface area contributed by atoms with Crippen molar-refractivity contribution in [1.29, 1.82) is 0 Å². The van der Waals surface area contributed by atoms with Gasteiger partial charge in [-0.15, -0.1) is 0 Å². The largest absolute Gasteiger partial charge is 0.383 e. The zero-order chi connectivity index (χ0) is 16.9. The van der Waals surface area contributed by atoms with Crippen LogP contribution >= 0.6 is 0 Å². The van der Waals surface area contributed by atoms with Crippen LogP contribution in [0.1, 0.15) is 36.2 Å². The van der Waals surface area contributed by atoms with Crippen LogP contribution in [0.3, 0.4) is 0 Å². The van der Waals surface area contributed by atoms with Gasteiger partial charge in [-0.2, -0.15) is 0 Å². The van der Waals surface area contributed by atoms with Gasteiger partial charge in [0.2, 0.25) is 0 Å². The Kier molecular flexibility index (Phi) is 5.40. The molecular weight excluding hydrogens is 308 g/mol. The molecule has 7 nitrogen and oxygen atoms in total. The summed E-state index contributed by atoms with van der Waals surface area (Å²) in [4.78, 5) is 26.5. The summed E-state index contributed by atoms with van der Waals surface area (Å²) in [5.74, 6) is -0.00805. The number of hydrogen-bond acceptors (Lipinski definition) is 3. The van der Waals surface area contributed by atoms with E-state index in [2.05, 4.69) is 10.6 Å². The Hall–Kier alpha value is -2.02. The van der Waals surface area contributed by atoms with Gasteiger partial charge >= 0.3 is 6.03 Å². The lowest BCUT2D eigenvalue weighted by Gasteiger charge is -2.36. The van der Waals surface area contributed by atoms with Crippen molar-refractivity contribution < 1.29 is 14.3 Å². The fourth-order valence-electron chi connectivity index (χ4n) is 3.57. The summed E-state index contributed by atoms with van der Waals surface area (Å²) >= 11 is 0. The molecule has 0 aromatic carbocycles. The van der Waals surface area contributed by atoms with Gasteiger partial charge in [0.1, 0.15) is 5.69 Å². The Bertz CT molecular complexity index is 580. The number of nitrogens with zero attached hydrogens (tertiary/aromatic N) is 2. The second-order valence-corrected chi connectivity index (χ2v) is 6.53. The van der Waals surface area contributed by atoms with Gasteiger partial charge in [0, 0.05) is 39.0 Å². The number of fused-ring (bicyclic) bond motifs is 1. The first-order chi connectivity index (χ1) is 11.7. The second kappa shape index (κ2) is 7.70. The van der Waals surface area contributed by atoms with E-state index in [1.54, 1.807) is 12.0 Å². The Morgan fingerprint density at radius 2 is 2.17 bits per heavy atom. The van der Waals surface area contributed by atoms with E-state index in [0.717, 1.165) is 12.8 Å². The lowest BCUT2D eigenvalue weighted by atomic mass is 10.1. The molecule has 0 radical (unpaired) electrons. The van der Waals surface area contributed by atoms with E-state index in [1.807, 2.05) is 22.9 Å². The average Bonchev–Trinajstić information content (AvgIpc) is 3.23. The molecule has 0 saturated heterocycles. The highest BCUT2D eigenvalue weighted by Gasteiger charge is 2.32. The van der Waals surface area contributed by atoms with E-state index in [1.165, 1.54) is 12.8 Å². The number of urea groups is 1. The smallest absolute Gasteiger partial charge is 0.315 e. The standard InChI is InChI=1S/C17H26N4O3/c1-24-10-9-21-14(12-20-8-4-7-15(20)16(21)22)11-18-17(23)19-13-5-2-3-6-13/h4,7-8,13-14H,2-3,5-6,9-12H2,1H3,(H2,18,19,23). The summed E-state index contributed by atoms with van der Waals surface area (Å²) in [7, 11) is 1.62. The normalized spacial score (nSPS) is 21.0. The van der Waals surface area contributed by atoms with Crippen LogP contribution in [0.25, 0.3) is 0 Å². The Labute approximate surface area is 142 Å². The monoisotopic (exact) mass is 334 g/mol. The molecule has 1 fully saturated rings. The minimum absolute atomic E-state index is 0.00805. The molecule has 1 unspecified atom stereocenters. The SMILES string of the molecule is COCCN1C(=O)c2cccn2CC1CNC(=O)NC1CCCC1. The number of methoxy groups -OCH3 is 1. The molecule has 2 heterocycles. The van der Waals surface area contributed by atoms with Crippen molar-refractivity contribution in [2.75, 3.05) is 26.8 Å². The first-order valence-electron chi connectivity index (χ1n) is 8.68. The number of hydrogen-bond donors (Lipinski definition) is 2. The quantitative estimate of drug-likeness (QED) is 0.821. The maximum Gasteiger partial charge on any atom is 0.315 e. The van der Waals surface area contributed by atoms with Crippen LogP contribution in [-0.4, -0.2) is 60.3 Å². The van der Waals surface area contributed by atoms with Crippen LogP contribution < -0.4 is 10.6 Å². The summed E-state index contributed by atoms with van der Waals surface area (Å²) in [6.07, 6.45) is 6.39. The zero-order valence-electron chi connectivity index (χ0n) is 14.2. The third-order valence-electron chi connectivity index (χ3n) is 4.88. The molecule has 1 atom stereocenters. The van der Waals surface area contributed by atoms with Crippen molar-refractivity contribution in [2.24, 2.45) is 0 Å². The summed E-state index contributed by atoms with van der Waals surface area (Å²) in [5, 5.41) is 5.95. The number of carbonyl (C=O) groups is 2.